The van der Waals surface area contributed by atoms with Crippen molar-refractivity contribution in [3.8, 4) is 0 Å². The van der Waals surface area contributed by atoms with Gasteiger partial charge in [-0.1, -0.05) is 18.9 Å². The highest BCUT2D eigenvalue weighted by Gasteiger charge is 2.27. The van der Waals surface area contributed by atoms with Gasteiger partial charge in [0.05, 0.1) is 4.88 Å². The Morgan fingerprint density at radius 3 is 2.86 bits per heavy atom. The average Bonchev–Trinajstić information content (AvgIpc) is 3.02. The first-order valence-corrected chi connectivity index (χ1v) is 8.25. The van der Waals surface area contributed by atoms with Gasteiger partial charge < -0.3 is 15.7 Å². The zero-order valence-corrected chi connectivity index (χ0v) is 13.0. The third-order valence-electron chi connectivity index (χ3n) is 3.96. The second-order valence-electron chi connectivity index (χ2n) is 5.51. The van der Waals surface area contributed by atoms with Crippen LogP contribution in [0.5, 0.6) is 0 Å². The lowest BCUT2D eigenvalue weighted by molar-refractivity contribution is -0.124. The Kier molecular flexibility index (Phi) is 5.76. The minimum absolute atomic E-state index is 0.0114. The molecule has 5 nitrogen and oxygen atoms in total. The molecule has 1 fully saturated rings. The second kappa shape index (κ2) is 7.56. The van der Waals surface area contributed by atoms with E-state index in [1.165, 1.54) is 11.3 Å². The van der Waals surface area contributed by atoms with Crippen molar-refractivity contribution in [3.63, 3.8) is 0 Å². The average molecular weight is 310 g/mol. The quantitative estimate of drug-likeness (QED) is 0.772. The summed E-state index contributed by atoms with van der Waals surface area (Å²) in [5.74, 6) is -0.289. The van der Waals surface area contributed by atoms with Gasteiger partial charge in [0, 0.05) is 18.6 Å². The summed E-state index contributed by atoms with van der Waals surface area (Å²) in [6, 6.07) is 2.96. The van der Waals surface area contributed by atoms with Crippen molar-refractivity contribution in [1.82, 2.24) is 10.6 Å². The van der Waals surface area contributed by atoms with Crippen molar-refractivity contribution in [3.05, 3.63) is 22.4 Å². The normalized spacial score (nSPS) is 23.3. The van der Waals surface area contributed by atoms with Crippen LogP contribution in [0.1, 0.15) is 42.3 Å². The van der Waals surface area contributed by atoms with Gasteiger partial charge in [0.1, 0.15) is 6.04 Å². The van der Waals surface area contributed by atoms with Gasteiger partial charge in [0.2, 0.25) is 5.91 Å². The zero-order chi connectivity index (χ0) is 15.2. The highest BCUT2D eigenvalue weighted by Crippen LogP contribution is 2.24. The lowest BCUT2D eigenvalue weighted by Gasteiger charge is -2.31. The molecule has 0 spiro atoms. The molecule has 3 atom stereocenters. The van der Waals surface area contributed by atoms with Crippen LogP contribution in [0.25, 0.3) is 0 Å². The fourth-order valence-corrected chi connectivity index (χ4v) is 3.29. The number of rotatable bonds is 5. The number of thiophene rings is 1. The van der Waals surface area contributed by atoms with Crippen LogP contribution in [0.15, 0.2) is 17.5 Å². The maximum absolute atomic E-state index is 12.2. The van der Waals surface area contributed by atoms with Crippen LogP contribution >= 0.6 is 11.3 Å². The number of aliphatic hydroxyl groups excluding tert-OH is 1. The molecule has 3 unspecified atom stereocenters. The van der Waals surface area contributed by atoms with E-state index in [2.05, 4.69) is 10.6 Å². The van der Waals surface area contributed by atoms with Crippen molar-refractivity contribution < 1.29 is 14.7 Å². The summed E-state index contributed by atoms with van der Waals surface area (Å²) in [6.45, 7) is 1.78. The predicted molar refractivity (Wildman–Crippen MR) is 82.2 cm³/mol. The van der Waals surface area contributed by atoms with Gasteiger partial charge in [-0.3, -0.25) is 9.59 Å². The molecule has 1 heterocycles. The molecular weight excluding hydrogens is 288 g/mol. The number of hydrogen-bond donors (Lipinski definition) is 3. The van der Waals surface area contributed by atoms with E-state index in [-0.39, 0.29) is 30.4 Å². The second-order valence-corrected chi connectivity index (χ2v) is 6.46. The number of hydrogen-bond acceptors (Lipinski definition) is 4. The fourth-order valence-electron chi connectivity index (χ4n) is 2.67. The Bertz CT molecular complexity index is 475. The van der Waals surface area contributed by atoms with Crippen molar-refractivity contribution >= 4 is 23.2 Å². The third-order valence-corrected chi connectivity index (χ3v) is 4.83. The van der Waals surface area contributed by atoms with Gasteiger partial charge in [0.15, 0.2) is 0 Å². The Labute approximate surface area is 128 Å². The van der Waals surface area contributed by atoms with E-state index in [1.807, 2.05) is 5.38 Å². The van der Waals surface area contributed by atoms with Crippen molar-refractivity contribution in [1.29, 1.82) is 0 Å². The molecule has 6 heteroatoms. The summed E-state index contributed by atoms with van der Waals surface area (Å²) in [5.41, 5.74) is 0. The number of carbonyl (C=O) groups is 2. The summed E-state index contributed by atoms with van der Waals surface area (Å²) in [4.78, 5) is 24.7. The maximum Gasteiger partial charge on any atom is 0.261 e. The van der Waals surface area contributed by atoms with Crippen molar-refractivity contribution in [2.24, 2.45) is 5.92 Å². The smallest absolute Gasteiger partial charge is 0.261 e. The first-order chi connectivity index (χ1) is 10.1. The maximum atomic E-state index is 12.2. The van der Waals surface area contributed by atoms with Gasteiger partial charge in [-0.15, -0.1) is 11.3 Å². The molecule has 3 N–H and O–H groups in total. The van der Waals surface area contributed by atoms with Gasteiger partial charge >= 0.3 is 0 Å². The molecule has 1 aromatic rings. The number of nitrogens with one attached hydrogen (secondary N) is 2. The van der Waals surface area contributed by atoms with Crippen LogP contribution in [0, 0.1) is 5.92 Å². The molecular formula is C15H22N2O3S. The molecule has 0 saturated heterocycles. The molecule has 2 rings (SSSR count). The monoisotopic (exact) mass is 310 g/mol. The Morgan fingerprint density at radius 1 is 1.43 bits per heavy atom. The highest BCUT2D eigenvalue weighted by atomic mass is 32.1. The van der Waals surface area contributed by atoms with Crippen molar-refractivity contribution in [2.75, 3.05) is 6.61 Å². The van der Waals surface area contributed by atoms with E-state index < -0.39 is 6.04 Å². The molecule has 0 bridgehead atoms. The molecule has 1 aliphatic carbocycles. The molecule has 116 valence electrons. The number of amides is 2. The topological polar surface area (TPSA) is 78.4 Å². The minimum Gasteiger partial charge on any atom is -0.396 e. The van der Waals surface area contributed by atoms with Gasteiger partial charge in [-0.25, -0.2) is 0 Å². The molecule has 0 aliphatic heterocycles. The van der Waals surface area contributed by atoms with Crippen LogP contribution in [0.3, 0.4) is 0 Å². The summed E-state index contributed by atoms with van der Waals surface area (Å²) in [5, 5.41) is 16.9. The van der Waals surface area contributed by atoms with Crippen molar-refractivity contribution in [2.45, 2.75) is 44.7 Å². The Morgan fingerprint density at radius 2 is 2.19 bits per heavy atom. The van der Waals surface area contributed by atoms with E-state index >= 15 is 0 Å². The highest BCUT2D eigenvalue weighted by molar-refractivity contribution is 7.12. The molecule has 0 aromatic carbocycles. The lowest BCUT2D eigenvalue weighted by Crippen LogP contribution is -2.51. The number of aliphatic hydroxyl groups is 1. The van der Waals surface area contributed by atoms with Crippen LogP contribution in [0.4, 0.5) is 0 Å². The van der Waals surface area contributed by atoms with Crippen LogP contribution < -0.4 is 10.6 Å². The standard InChI is InChI=1S/C15H22N2O3S/c1-10(16-15(20)13-7-4-8-21-13)14(19)17-12-6-3-2-5-11(12)9-18/h4,7-8,10-12,18H,2-3,5-6,9H2,1H3,(H,16,20)(H,17,19). The van der Waals surface area contributed by atoms with E-state index in [0.717, 1.165) is 25.7 Å². The van der Waals surface area contributed by atoms with Crippen LogP contribution in [0.2, 0.25) is 0 Å². The molecule has 0 radical (unpaired) electrons. The molecule has 1 saturated carbocycles. The third kappa shape index (κ3) is 4.28. The lowest BCUT2D eigenvalue weighted by atomic mass is 9.85. The first kappa shape index (κ1) is 16.0. The molecule has 2 amide bonds. The number of carbonyl (C=O) groups excluding carboxylic acids is 2. The Balaban J connectivity index is 1.85. The van der Waals surface area contributed by atoms with E-state index in [1.54, 1.807) is 19.1 Å². The summed E-state index contributed by atoms with van der Waals surface area (Å²) in [7, 11) is 0. The molecule has 1 aliphatic rings. The summed E-state index contributed by atoms with van der Waals surface area (Å²) < 4.78 is 0. The first-order valence-electron chi connectivity index (χ1n) is 7.37. The minimum atomic E-state index is -0.583. The van der Waals surface area contributed by atoms with Gasteiger partial charge in [-0.05, 0) is 31.2 Å². The fraction of sp³-hybridized carbons (Fsp3) is 0.600. The van der Waals surface area contributed by atoms with E-state index in [4.69, 9.17) is 0 Å². The van der Waals surface area contributed by atoms with Gasteiger partial charge in [-0.2, -0.15) is 0 Å². The zero-order valence-electron chi connectivity index (χ0n) is 12.2. The SMILES string of the molecule is CC(NC(=O)c1cccs1)C(=O)NC1CCCCC1CO. The summed E-state index contributed by atoms with van der Waals surface area (Å²) in [6.07, 6.45) is 4.00. The predicted octanol–water partition coefficient (Wildman–Crippen LogP) is 1.53. The van der Waals surface area contributed by atoms with E-state index in [9.17, 15) is 14.7 Å². The van der Waals surface area contributed by atoms with Gasteiger partial charge in [0.25, 0.3) is 5.91 Å². The molecule has 1 aromatic heterocycles. The van der Waals surface area contributed by atoms with Crippen LogP contribution in [-0.2, 0) is 4.79 Å². The largest absolute Gasteiger partial charge is 0.396 e. The van der Waals surface area contributed by atoms with Crippen LogP contribution in [-0.4, -0.2) is 35.6 Å². The Hall–Kier alpha value is -1.40. The molecule has 21 heavy (non-hydrogen) atoms. The summed E-state index contributed by atoms with van der Waals surface area (Å²) >= 11 is 1.35. The van der Waals surface area contributed by atoms with E-state index in [0.29, 0.717) is 4.88 Å².